The largest absolute Gasteiger partial charge is 0.325 e. The molecular formula is C10H11N3S. The number of pyridine rings is 1. The molecule has 0 atom stereocenters. The molecule has 3 nitrogen and oxygen atoms in total. The summed E-state index contributed by atoms with van der Waals surface area (Å²) in [5.41, 5.74) is 8.49. The Kier molecular flexibility index (Phi) is 2.56. The second kappa shape index (κ2) is 3.86. The molecule has 0 aliphatic heterocycles. The van der Waals surface area contributed by atoms with Crippen LogP contribution in [0.15, 0.2) is 23.7 Å². The van der Waals surface area contributed by atoms with E-state index in [0.29, 0.717) is 6.54 Å². The topological polar surface area (TPSA) is 51.8 Å². The average molecular weight is 205 g/mol. The summed E-state index contributed by atoms with van der Waals surface area (Å²) < 4.78 is 0. The highest BCUT2D eigenvalue weighted by molar-refractivity contribution is 7.13. The van der Waals surface area contributed by atoms with Crippen LogP contribution in [-0.4, -0.2) is 9.97 Å². The molecule has 0 unspecified atom stereocenters. The Morgan fingerprint density at radius 3 is 2.86 bits per heavy atom. The van der Waals surface area contributed by atoms with E-state index in [1.807, 2.05) is 30.6 Å². The fourth-order valence-electron chi connectivity index (χ4n) is 1.11. The molecule has 0 aromatic carbocycles. The maximum Gasteiger partial charge on any atom is 0.142 e. The van der Waals surface area contributed by atoms with Gasteiger partial charge in [0.25, 0.3) is 0 Å². The summed E-state index contributed by atoms with van der Waals surface area (Å²) in [6.45, 7) is 2.51. The van der Waals surface area contributed by atoms with Crippen molar-refractivity contribution in [3.63, 3.8) is 0 Å². The summed E-state index contributed by atoms with van der Waals surface area (Å²) >= 11 is 1.58. The highest BCUT2D eigenvalue weighted by Crippen LogP contribution is 2.21. The van der Waals surface area contributed by atoms with E-state index in [1.165, 1.54) is 0 Å². The first-order chi connectivity index (χ1) is 6.79. The first-order valence-corrected chi connectivity index (χ1v) is 5.25. The van der Waals surface area contributed by atoms with Crippen LogP contribution >= 0.6 is 11.3 Å². The van der Waals surface area contributed by atoms with Crippen LogP contribution in [0.3, 0.4) is 0 Å². The first kappa shape index (κ1) is 9.30. The number of rotatable bonds is 2. The monoisotopic (exact) mass is 205 g/mol. The van der Waals surface area contributed by atoms with Crippen molar-refractivity contribution in [3.8, 4) is 10.7 Å². The minimum Gasteiger partial charge on any atom is -0.325 e. The van der Waals surface area contributed by atoms with E-state index < -0.39 is 0 Å². The molecule has 2 heterocycles. The van der Waals surface area contributed by atoms with Crippen LogP contribution in [0.25, 0.3) is 10.7 Å². The van der Waals surface area contributed by atoms with Crippen molar-refractivity contribution in [3.05, 3.63) is 35.0 Å². The van der Waals surface area contributed by atoms with E-state index in [-0.39, 0.29) is 0 Å². The zero-order valence-corrected chi connectivity index (χ0v) is 8.71. The van der Waals surface area contributed by atoms with Gasteiger partial charge in [0.1, 0.15) is 5.01 Å². The molecule has 0 amide bonds. The lowest BCUT2D eigenvalue weighted by molar-refractivity contribution is 1.01. The maximum absolute atomic E-state index is 5.49. The van der Waals surface area contributed by atoms with Gasteiger partial charge in [0.15, 0.2) is 0 Å². The Morgan fingerprint density at radius 2 is 2.29 bits per heavy atom. The smallest absolute Gasteiger partial charge is 0.142 e. The molecule has 2 rings (SSSR count). The standard InChI is InChI=1S/C10H11N3S/c1-7-2-3-9(12-5-7)10-13-8(4-11)6-14-10/h2-3,5-6H,4,11H2,1H3. The molecule has 0 aliphatic carbocycles. The lowest BCUT2D eigenvalue weighted by atomic mass is 10.3. The molecule has 0 saturated carbocycles. The summed E-state index contributed by atoms with van der Waals surface area (Å²) in [7, 11) is 0. The second-order valence-electron chi connectivity index (χ2n) is 3.07. The van der Waals surface area contributed by atoms with Gasteiger partial charge in [0, 0.05) is 18.1 Å². The van der Waals surface area contributed by atoms with Gasteiger partial charge in [-0.1, -0.05) is 6.07 Å². The number of aromatic nitrogens is 2. The summed E-state index contributed by atoms with van der Waals surface area (Å²) in [4.78, 5) is 8.66. The molecule has 2 aromatic rings. The van der Waals surface area contributed by atoms with Crippen molar-refractivity contribution >= 4 is 11.3 Å². The molecule has 0 radical (unpaired) electrons. The number of aryl methyl sites for hydroxylation is 1. The molecular weight excluding hydrogens is 194 g/mol. The molecule has 0 aliphatic rings. The highest BCUT2D eigenvalue weighted by atomic mass is 32.1. The third-order valence-corrected chi connectivity index (χ3v) is 2.80. The minimum atomic E-state index is 0.488. The fraction of sp³-hybridized carbons (Fsp3) is 0.200. The molecule has 2 N–H and O–H groups in total. The SMILES string of the molecule is Cc1ccc(-c2nc(CN)cs2)nc1. The van der Waals surface area contributed by atoms with Gasteiger partial charge in [-0.25, -0.2) is 4.98 Å². The van der Waals surface area contributed by atoms with Crippen molar-refractivity contribution < 1.29 is 0 Å². The van der Waals surface area contributed by atoms with Crippen molar-refractivity contribution in [2.24, 2.45) is 5.73 Å². The van der Waals surface area contributed by atoms with Gasteiger partial charge in [-0.2, -0.15) is 0 Å². The van der Waals surface area contributed by atoms with Gasteiger partial charge in [0.05, 0.1) is 11.4 Å². The third-order valence-electron chi connectivity index (χ3n) is 1.89. The Labute approximate surface area is 86.6 Å². The number of hydrogen-bond acceptors (Lipinski definition) is 4. The van der Waals surface area contributed by atoms with E-state index in [4.69, 9.17) is 5.73 Å². The van der Waals surface area contributed by atoms with Crippen LogP contribution in [0, 0.1) is 6.92 Å². The van der Waals surface area contributed by atoms with E-state index in [9.17, 15) is 0 Å². The van der Waals surface area contributed by atoms with Gasteiger partial charge >= 0.3 is 0 Å². The molecule has 14 heavy (non-hydrogen) atoms. The van der Waals surface area contributed by atoms with Crippen molar-refractivity contribution in [2.75, 3.05) is 0 Å². The predicted octanol–water partition coefficient (Wildman–Crippen LogP) is 1.97. The minimum absolute atomic E-state index is 0.488. The van der Waals surface area contributed by atoms with Crippen LogP contribution in [0.5, 0.6) is 0 Å². The fourth-order valence-corrected chi connectivity index (χ4v) is 1.92. The van der Waals surface area contributed by atoms with Gasteiger partial charge < -0.3 is 5.73 Å². The zero-order chi connectivity index (χ0) is 9.97. The van der Waals surface area contributed by atoms with Crippen molar-refractivity contribution in [1.29, 1.82) is 0 Å². The molecule has 0 bridgehead atoms. The third kappa shape index (κ3) is 1.81. The molecule has 72 valence electrons. The normalized spacial score (nSPS) is 10.4. The highest BCUT2D eigenvalue weighted by Gasteiger charge is 2.03. The number of hydrogen-bond donors (Lipinski definition) is 1. The molecule has 4 heteroatoms. The lowest BCUT2D eigenvalue weighted by Gasteiger charge is -1.95. The zero-order valence-electron chi connectivity index (χ0n) is 7.90. The Hall–Kier alpha value is -1.26. The summed E-state index contributed by atoms with van der Waals surface area (Å²) in [5.74, 6) is 0. The number of nitrogens with two attached hydrogens (primary N) is 1. The van der Waals surface area contributed by atoms with E-state index in [0.717, 1.165) is 22.0 Å². The van der Waals surface area contributed by atoms with Crippen LogP contribution < -0.4 is 5.73 Å². The lowest BCUT2D eigenvalue weighted by Crippen LogP contribution is -1.95. The van der Waals surface area contributed by atoms with Crippen LogP contribution in [0.1, 0.15) is 11.3 Å². The molecule has 0 saturated heterocycles. The van der Waals surface area contributed by atoms with E-state index >= 15 is 0 Å². The summed E-state index contributed by atoms with van der Waals surface area (Å²) in [6, 6.07) is 4.01. The average Bonchev–Trinajstić information content (AvgIpc) is 2.67. The van der Waals surface area contributed by atoms with E-state index in [2.05, 4.69) is 9.97 Å². The second-order valence-corrected chi connectivity index (χ2v) is 3.93. The number of nitrogens with zero attached hydrogens (tertiary/aromatic N) is 2. The van der Waals surface area contributed by atoms with Crippen LogP contribution in [0.2, 0.25) is 0 Å². The predicted molar refractivity (Wildman–Crippen MR) is 58.0 cm³/mol. The van der Waals surface area contributed by atoms with Gasteiger partial charge in [-0.3, -0.25) is 4.98 Å². The van der Waals surface area contributed by atoms with Gasteiger partial charge in [-0.15, -0.1) is 11.3 Å². The van der Waals surface area contributed by atoms with Gasteiger partial charge in [-0.05, 0) is 18.6 Å². The molecule has 0 fully saturated rings. The first-order valence-electron chi connectivity index (χ1n) is 4.37. The Bertz CT molecular complexity index is 419. The summed E-state index contributed by atoms with van der Waals surface area (Å²) in [5, 5.41) is 2.90. The van der Waals surface area contributed by atoms with Gasteiger partial charge in [0.2, 0.25) is 0 Å². The quantitative estimate of drug-likeness (QED) is 0.815. The molecule has 0 spiro atoms. The van der Waals surface area contributed by atoms with E-state index in [1.54, 1.807) is 11.3 Å². The number of thiazole rings is 1. The van der Waals surface area contributed by atoms with Crippen molar-refractivity contribution in [1.82, 2.24) is 9.97 Å². The summed E-state index contributed by atoms with van der Waals surface area (Å²) in [6.07, 6.45) is 1.85. The Balaban J connectivity index is 2.34. The van der Waals surface area contributed by atoms with Crippen molar-refractivity contribution in [2.45, 2.75) is 13.5 Å². The Morgan fingerprint density at radius 1 is 1.43 bits per heavy atom. The van der Waals surface area contributed by atoms with Crippen LogP contribution in [-0.2, 0) is 6.54 Å². The maximum atomic E-state index is 5.49. The van der Waals surface area contributed by atoms with Crippen LogP contribution in [0.4, 0.5) is 0 Å². The molecule has 2 aromatic heterocycles.